The maximum Gasteiger partial charge on any atom is 0.308 e. The molecule has 1 saturated heterocycles. The third-order valence-electron chi connectivity index (χ3n) is 6.71. The summed E-state index contributed by atoms with van der Waals surface area (Å²) in [5.41, 5.74) is 3.33. The summed E-state index contributed by atoms with van der Waals surface area (Å²) in [7, 11) is 0. The van der Waals surface area contributed by atoms with E-state index >= 15 is 0 Å². The molecule has 2 heterocycles. The molecule has 8 heteroatoms. The number of benzene rings is 2. The zero-order valence-corrected chi connectivity index (χ0v) is 25.7. The van der Waals surface area contributed by atoms with Gasteiger partial charge in [0, 0.05) is 18.5 Å². The molecule has 224 valence electrons. The van der Waals surface area contributed by atoms with E-state index in [1.807, 2.05) is 112 Å². The minimum Gasteiger partial charge on any atom is -0.460 e. The highest BCUT2D eigenvalue weighted by Gasteiger charge is 2.36. The number of ether oxygens (including phenoxy) is 3. The van der Waals surface area contributed by atoms with Crippen molar-refractivity contribution in [2.24, 2.45) is 0 Å². The van der Waals surface area contributed by atoms with Gasteiger partial charge in [-0.25, -0.2) is 4.68 Å². The van der Waals surface area contributed by atoms with Crippen LogP contribution in [0.4, 0.5) is 0 Å². The largest absolute Gasteiger partial charge is 0.460 e. The summed E-state index contributed by atoms with van der Waals surface area (Å²) in [6, 6.07) is 19.6. The van der Waals surface area contributed by atoms with Crippen molar-refractivity contribution < 1.29 is 23.8 Å². The normalized spacial score (nSPS) is 18.8. The molecule has 0 aliphatic carbocycles. The number of amides is 1. The second-order valence-electron chi connectivity index (χ2n) is 12.4. The van der Waals surface area contributed by atoms with Gasteiger partial charge in [-0.3, -0.25) is 9.59 Å². The summed E-state index contributed by atoms with van der Waals surface area (Å²) in [6.07, 6.45) is 3.89. The smallest absolute Gasteiger partial charge is 0.308 e. The van der Waals surface area contributed by atoms with Crippen molar-refractivity contribution in [1.29, 1.82) is 0 Å². The van der Waals surface area contributed by atoms with Crippen molar-refractivity contribution in [3.8, 4) is 5.69 Å². The third kappa shape index (κ3) is 8.39. The van der Waals surface area contributed by atoms with Gasteiger partial charge in [-0.05, 0) is 64.3 Å². The Labute approximate surface area is 249 Å². The summed E-state index contributed by atoms with van der Waals surface area (Å²) in [5.74, 6) is -1.40. The van der Waals surface area contributed by atoms with E-state index in [1.165, 1.54) is 0 Å². The molecule has 0 radical (unpaired) electrons. The van der Waals surface area contributed by atoms with Crippen molar-refractivity contribution in [2.75, 3.05) is 0 Å². The van der Waals surface area contributed by atoms with E-state index in [9.17, 15) is 9.59 Å². The van der Waals surface area contributed by atoms with Gasteiger partial charge in [-0.15, -0.1) is 0 Å². The molecule has 0 spiro atoms. The van der Waals surface area contributed by atoms with Gasteiger partial charge in [0.05, 0.1) is 30.0 Å². The molecular formula is C34H43N3O5. The number of carbonyl (C=O) groups excluding carboxylic acids is 2. The van der Waals surface area contributed by atoms with E-state index in [1.54, 1.807) is 0 Å². The highest BCUT2D eigenvalue weighted by molar-refractivity contribution is 5.95. The lowest BCUT2D eigenvalue weighted by molar-refractivity contribution is -0.290. The molecule has 4 rings (SSSR count). The average molecular weight is 574 g/mol. The van der Waals surface area contributed by atoms with Crippen LogP contribution in [-0.2, 0) is 25.5 Å². The number of aromatic nitrogens is 2. The van der Waals surface area contributed by atoms with Gasteiger partial charge >= 0.3 is 5.97 Å². The first-order valence-electron chi connectivity index (χ1n) is 14.6. The van der Waals surface area contributed by atoms with E-state index in [0.717, 1.165) is 22.5 Å². The lowest BCUT2D eigenvalue weighted by Gasteiger charge is -2.39. The van der Waals surface area contributed by atoms with E-state index in [2.05, 4.69) is 19.2 Å². The van der Waals surface area contributed by atoms with Crippen LogP contribution >= 0.6 is 0 Å². The highest BCUT2D eigenvalue weighted by Crippen LogP contribution is 2.32. The number of para-hydroxylation sites is 1. The van der Waals surface area contributed by atoms with Crippen LogP contribution in [0.25, 0.3) is 11.8 Å². The molecule has 1 amide bonds. The Kier molecular flexibility index (Phi) is 9.69. The second-order valence-corrected chi connectivity index (χ2v) is 12.4. The SMILES string of the molecule is CC(C)c1c(C(=O)NCc2ccccc2)nn(-c2ccccc2)c1/C=C/[C@@H]1C[C@H](CC(=O)OC(C)(C)C)OC(C)(C)O1. The van der Waals surface area contributed by atoms with Crippen LogP contribution in [0.5, 0.6) is 0 Å². The fourth-order valence-corrected chi connectivity index (χ4v) is 5.13. The number of esters is 1. The molecule has 1 aromatic heterocycles. The van der Waals surface area contributed by atoms with Crippen molar-refractivity contribution >= 4 is 18.0 Å². The second kappa shape index (κ2) is 13.0. The van der Waals surface area contributed by atoms with Crippen LogP contribution in [0.15, 0.2) is 66.7 Å². The number of hydrogen-bond donors (Lipinski definition) is 1. The van der Waals surface area contributed by atoms with Gasteiger partial charge in [0.15, 0.2) is 11.5 Å². The van der Waals surface area contributed by atoms with Gasteiger partial charge in [0.1, 0.15) is 5.60 Å². The van der Waals surface area contributed by atoms with Gasteiger partial charge in [0.2, 0.25) is 0 Å². The Bertz CT molecular complexity index is 1390. The first-order valence-corrected chi connectivity index (χ1v) is 14.6. The van der Waals surface area contributed by atoms with E-state index in [-0.39, 0.29) is 36.4 Å². The van der Waals surface area contributed by atoms with Crippen molar-refractivity contribution in [2.45, 2.75) is 97.4 Å². The van der Waals surface area contributed by atoms with Crippen LogP contribution in [0.2, 0.25) is 0 Å². The molecule has 1 N–H and O–H groups in total. The minimum atomic E-state index is -0.886. The third-order valence-corrected chi connectivity index (χ3v) is 6.71. The molecule has 0 bridgehead atoms. The monoisotopic (exact) mass is 573 g/mol. The predicted octanol–water partition coefficient (Wildman–Crippen LogP) is 6.58. The van der Waals surface area contributed by atoms with Crippen LogP contribution in [0.3, 0.4) is 0 Å². The minimum absolute atomic E-state index is 0.0200. The van der Waals surface area contributed by atoms with E-state index < -0.39 is 11.4 Å². The molecule has 1 aliphatic rings. The summed E-state index contributed by atoms with van der Waals surface area (Å²) < 4.78 is 19.6. The standard InChI is InChI=1S/C34H43N3O5/c1-23(2)30-28(19-18-26-20-27(41-34(6,7)40-26)21-29(38)42-33(3,4)5)37(25-16-12-9-13-17-25)36-31(30)32(39)35-22-24-14-10-8-11-15-24/h8-19,23,26-27H,20-22H2,1-7H3,(H,35,39)/b19-18+/t26-,27-/m1/s1. The molecule has 0 saturated carbocycles. The van der Waals surface area contributed by atoms with Crippen LogP contribution in [-0.4, -0.2) is 45.3 Å². The highest BCUT2D eigenvalue weighted by atomic mass is 16.7. The number of nitrogens with zero attached hydrogens (tertiary/aromatic N) is 2. The lowest BCUT2D eigenvalue weighted by Crippen LogP contribution is -2.45. The van der Waals surface area contributed by atoms with Crippen LogP contribution in [0, 0.1) is 0 Å². The molecule has 1 aliphatic heterocycles. The van der Waals surface area contributed by atoms with Crippen molar-refractivity contribution in [3.63, 3.8) is 0 Å². The molecule has 8 nitrogen and oxygen atoms in total. The molecule has 42 heavy (non-hydrogen) atoms. The van der Waals surface area contributed by atoms with Gasteiger partial charge in [-0.2, -0.15) is 5.10 Å². The number of hydrogen-bond acceptors (Lipinski definition) is 6. The van der Waals surface area contributed by atoms with E-state index in [0.29, 0.717) is 18.7 Å². The molecule has 3 aromatic rings. The Hall–Kier alpha value is -3.75. The van der Waals surface area contributed by atoms with Gasteiger partial charge in [-0.1, -0.05) is 68.5 Å². The number of rotatable bonds is 9. The summed E-state index contributed by atoms with van der Waals surface area (Å²) in [5, 5.41) is 7.86. The predicted molar refractivity (Wildman–Crippen MR) is 163 cm³/mol. The molecular weight excluding hydrogens is 530 g/mol. The van der Waals surface area contributed by atoms with Crippen molar-refractivity contribution in [1.82, 2.24) is 15.1 Å². The number of nitrogens with one attached hydrogen (secondary N) is 1. The Morgan fingerprint density at radius 2 is 1.71 bits per heavy atom. The topological polar surface area (TPSA) is 91.7 Å². The first-order chi connectivity index (χ1) is 19.8. The lowest BCUT2D eigenvalue weighted by atomic mass is 9.98. The molecule has 2 atom stereocenters. The Morgan fingerprint density at radius 3 is 2.33 bits per heavy atom. The quantitative estimate of drug-likeness (QED) is 0.291. The fraction of sp³-hybridized carbons (Fsp3) is 0.441. The maximum absolute atomic E-state index is 13.5. The average Bonchev–Trinajstić information content (AvgIpc) is 3.29. The van der Waals surface area contributed by atoms with Gasteiger partial charge < -0.3 is 19.5 Å². The Balaban J connectivity index is 1.64. The number of carbonyl (C=O) groups is 2. The molecule has 0 unspecified atom stereocenters. The first kappa shape index (κ1) is 31.2. The maximum atomic E-state index is 13.5. The van der Waals surface area contributed by atoms with Crippen LogP contribution in [0.1, 0.15) is 94.5 Å². The zero-order valence-electron chi connectivity index (χ0n) is 25.7. The zero-order chi connectivity index (χ0) is 30.5. The summed E-state index contributed by atoms with van der Waals surface area (Å²) in [4.78, 5) is 26.0. The molecule has 2 aromatic carbocycles. The summed E-state index contributed by atoms with van der Waals surface area (Å²) in [6.45, 7) is 13.8. The fourth-order valence-electron chi connectivity index (χ4n) is 5.13. The van der Waals surface area contributed by atoms with Crippen LogP contribution < -0.4 is 5.32 Å². The molecule has 1 fully saturated rings. The Morgan fingerprint density at radius 1 is 1.07 bits per heavy atom. The van der Waals surface area contributed by atoms with Crippen molar-refractivity contribution in [3.05, 3.63) is 89.3 Å². The summed E-state index contributed by atoms with van der Waals surface area (Å²) >= 11 is 0. The van der Waals surface area contributed by atoms with E-state index in [4.69, 9.17) is 19.3 Å². The van der Waals surface area contributed by atoms with Gasteiger partial charge in [0.25, 0.3) is 5.91 Å².